The Hall–Kier alpha value is -3.54. The number of hydrogen-bond acceptors (Lipinski definition) is 4. The molecule has 0 amide bonds. The van der Waals surface area contributed by atoms with Crippen LogP contribution in [-0.4, -0.2) is 45.4 Å². The minimum atomic E-state index is -1.45. The molecule has 0 atom stereocenters. The summed E-state index contributed by atoms with van der Waals surface area (Å²) in [6, 6.07) is 32.4. The van der Waals surface area contributed by atoms with E-state index in [0.717, 1.165) is 16.8 Å². The number of nitrogens with zero attached hydrogens (tertiary/aromatic N) is 2. The van der Waals surface area contributed by atoms with Gasteiger partial charge in [0.05, 0.1) is 0 Å². The van der Waals surface area contributed by atoms with E-state index in [1.807, 2.05) is 55.4 Å². The third-order valence-electron chi connectivity index (χ3n) is 5.77. The number of benzene rings is 4. The third kappa shape index (κ3) is 6.28. The Morgan fingerprint density at radius 1 is 0.529 bits per heavy atom. The van der Waals surface area contributed by atoms with Crippen molar-refractivity contribution in [1.82, 2.24) is 0 Å². The van der Waals surface area contributed by atoms with Gasteiger partial charge in [0.25, 0.3) is 0 Å². The zero-order valence-corrected chi connectivity index (χ0v) is 20.6. The van der Waals surface area contributed by atoms with Crippen molar-refractivity contribution >= 4 is 24.0 Å². The van der Waals surface area contributed by atoms with Gasteiger partial charge < -0.3 is 19.8 Å². The van der Waals surface area contributed by atoms with Crippen molar-refractivity contribution in [3.05, 3.63) is 103 Å². The molecule has 4 rings (SSSR count). The number of hydrogen-bond donors (Lipinski definition) is 2. The molecule has 0 heterocycles. The quantitative estimate of drug-likeness (QED) is 0.426. The Balaban J connectivity index is 0.000000192. The van der Waals surface area contributed by atoms with Crippen LogP contribution < -0.4 is 15.3 Å². The van der Waals surface area contributed by atoms with E-state index >= 15 is 0 Å². The van der Waals surface area contributed by atoms with E-state index < -0.39 is 7.12 Å². The van der Waals surface area contributed by atoms with E-state index in [4.69, 9.17) is 0 Å². The maximum Gasteiger partial charge on any atom is 0.489 e. The van der Waals surface area contributed by atoms with Crippen LogP contribution in [0.15, 0.2) is 97.1 Å². The first-order valence-electron chi connectivity index (χ1n) is 11.3. The van der Waals surface area contributed by atoms with Crippen LogP contribution in [0.4, 0.5) is 11.4 Å². The molecule has 0 bridgehead atoms. The molecule has 34 heavy (non-hydrogen) atoms. The first-order valence-corrected chi connectivity index (χ1v) is 11.3. The first kappa shape index (κ1) is 25.1. The monoisotopic (exact) mass is 452 g/mol. The van der Waals surface area contributed by atoms with Gasteiger partial charge in [-0.1, -0.05) is 72.8 Å². The Morgan fingerprint density at radius 2 is 0.941 bits per heavy atom. The second kappa shape index (κ2) is 11.5. The molecule has 4 aromatic rings. The zero-order chi connectivity index (χ0) is 24.7. The maximum atomic E-state index is 9.36. The van der Waals surface area contributed by atoms with Gasteiger partial charge in [-0.2, -0.15) is 0 Å². The van der Waals surface area contributed by atoms with E-state index in [9.17, 15) is 10.0 Å². The number of aryl methyl sites for hydroxylation is 1. The van der Waals surface area contributed by atoms with Crippen molar-refractivity contribution < 1.29 is 10.0 Å². The molecule has 0 aliphatic carbocycles. The lowest BCUT2D eigenvalue weighted by molar-refractivity contribution is 0.426. The van der Waals surface area contributed by atoms with Crippen molar-refractivity contribution in [2.24, 2.45) is 0 Å². The summed E-state index contributed by atoms with van der Waals surface area (Å²) in [6.45, 7) is 2.15. The summed E-state index contributed by atoms with van der Waals surface area (Å²) >= 11 is 0. The summed E-state index contributed by atoms with van der Waals surface area (Å²) in [5, 5.41) is 18.7. The summed E-state index contributed by atoms with van der Waals surface area (Å²) in [4.78, 5) is 4.14. The zero-order valence-electron chi connectivity index (χ0n) is 20.6. The molecule has 0 spiro atoms. The van der Waals surface area contributed by atoms with Crippen LogP contribution in [0.1, 0.15) is 5.56 Å². The predicted octanol–water partition coefficient (Wildman–Crippen LogP) is 4.83. The molecular formula is C29H33BN2O2. The number of rotatable bonds is 5. The molecule has 0 saturated carbocycles. The third-order valence-corrected chi connectivity index (χ3v) is 5.77. The Morgan fingerprint density at radius 3 is 1.38 bits per heavy atom. The van der Waals surface area contributed by atoms with E-state index in [2.05, 4.69) is 74.4 Å². The van der Waals surface area contributed by atoms with Crippen LogP contribution in [0.2, 0.25) is 0 Å². The van der Waals surface area contributed by atoms with Crippen molar-refractivity contribution in [3.63, 3.8) is 0 Å². The highest BCUT2D eigenvalue weighted by molar-refractivity contribution is 6.60. The van der Waals surface area contributed by atoms with Crippen LogP contribution >= 0.6 is 0 Å². The molecule has 4 aromatic carbocycles. The SMILES string of the molecule is CN(C)c1ccc(-c2ccccc2B(O)O)cc1.Cc1ccccc1-c1ccc(N(C)C)cc1. The molecule has 0 aliphatic rings. The highest BCUT2D eigenvalue weighted by Gasteiger charge is 2.16. The summed E-state index contributed by atoms with van der Waals surface area (Å²) in [7, 11) is 6.64. The van der Waals surface area contributed by atoms with Crippen molar-refractivity contribution in [1.29, 1.82) is 0 Å². The van der Waals surface area contributed by atoms with Gasteiger partial charge in [-0.15, -0.1) is 0 Å². The van der Waals surface area contributed by atoms with E-state index in [1.54, 1.807) is 12.1 Å². The van der Waals surface area contributed by atoms with Crippen LogP contribution in [-0.2, 0) is 0 Å². The lowest BCUT2D eigenvalue weighted by atomic mass is 9.75. The maximum absolute atomic E-state index is 9.36. The Bertz CT molecular complexity index is 1190. The molecule has 0 saturated heterocycles. The molecule has 0 fully saturated rings. The minimum absolute atomic E-state index is 0.523. The Kier molecular flexibility index (Phi) is 8.52. The highest BCUT2D eigenvalue weighted by atomic mass is 16.4. The van der Waals surface area contributed by atoms with E-state index in [-0.39, 0.29) is 0 Å². The first-order chi connectivity index (χ1) is 16.3. The molecule has 0 aliphatic heterocycles. The lowest BCUT2D eigenvalue weighted by Gasteiger charge is -2.14. The largest absolute Gasteiger partial charge is 0.489 e. The molecule has 0 radical (unpaired) electrons. The average Bonchev–Trinajstić information content (AvgIpc) is 2.85. The predicted molar refractivity (Wildman–Crippen MR) is 147 cm³/mol. The van der Waals surface area contributed by atoms with Crippen molar-refractivity contribution in [3.8, 4) is 22.3 Å². The van der Waals surface area contributed by atoms with Crippen molar-refractivity contribution in [2.45, 2.75) is 6.92 Å². The average molecular weight is 452 g/mol. The molecule has 0 unspecified atom stereocenters. The fourth-order valence-corrected chi connectivity index (χ4v) is 3.76. The van der Waals surface area contributed by atoms with Crippen LogP contribution in [0.3, 0.4) is 0 Å². The molecular weight excluding hydrogens is 419 g/mol. The summed E-state index contributed by atoms with van der Waals surface area (Å²) < 4.78 is 0. The van der Waals surface area contributed by atoms with Gasteiger partial charge in [-0.25, -0.2) is 0 Å². The van der Waals surface area contributed by atoms with E-state index in [0.29, 0.717) is 5.46 Å². The highest BCUT2D eigenvalue weighted by Crippen LogP contribution is 2.25. The van der Waals surface area contributed by atoms with Gasteiger partial charge in [-0.05, 0) is 64.5 Å². The van der Waals surface area contributed by atoms with Crippen LogP contribution in [0, 0.1) is 6.92 Å². The molecule has 4 nitrogen and oxygen atoms in total. The smallest absolute Gasteiger partial charge is 0.423 e. The van der Waals surface area contributed by atoms with Gasteiger partial charge >= 0.3 is 7.12 Å². The summed E-state index contributed by atoms with van der Waals surface area (Å²) in [5.41, 5.74) is 8.60. The molecule has 174 valence electrons. The standard InChI is InChI=1S/C15H17N.C14H16BNO2/c1-12-6-4-5-7-15(12)13-8-10-14(11-9-13)16(2)3;1-16(2)12-9-7-11(8-10-12)13-5-3-4-6-14(13)15(17)18/h4-11H,1-3H3;3-10,17-18H,1-2H3. The van der Waals surface area contributed by atoms with E-state index in [1.165, 1.54) is 22.4 Å². The summed E-state index contributed by atoms with van der Waals surface area (Å²) in [6.07, 6.45) is 0. The lowest BCUT2D eigenvalue weighted by Crippen LogP contribution is -2.31. The fraction of sp³-hybridized carbons (Fsp3) is 0.172. The van der Waals surface area contributed by atoms with Crippen LogP contribution in [0.5, 0.6) is 0 Å². The topological polar surface area (TPSA) is 46.9 Å². The molecule has 0 aromatic heterocycles. The van der Waals surface area contributed by atoms with Gasteiger partial charge in [0.1, 0.15) is 0 Å². The fourth-order valence-electron chi connectivity index (χ4n) is 3.76. The second-order valence-electron chi connectivity index (χ2n) is 8.66. The van der Waals surface area contributed by atoms with Gasteiger partial charge in [0, 0.05) is 39.6 Å². The van der Waals surface area contributed by atoms with Crippen LogP contribution in [0.25, 0.3) is 22.3 Å². The minimum Gasteiger partial charge on any atom is -0.423 e. The number of anilines is 2. The van der Waals surface area contributed by atoms with Crippen molar-refractivity contribution in [2.75, 3.05) is 38.0 Å². The normalized spacial score (nSPS) is 10.2. The van der Waals surface area contributed by atoms with Gasteiger partial charge in [0.15, 0.2) is 0 Å². The molecule has 5 heteroatoms. The van der Waals surface area contributed by atoms with Gasteiger partial charge in [-0.3, -0.25) is 0 Å². The Labute approximate surface area is 203 Å². The summed E-state index contributed by atoms with van der Waals surface area (Å²) in [5.74, 6) is 0. The second-order valence-corrected chi connectivity index (χ2v) is 8.66. The molecule has 2 N–H and O–H groups in total. The van der Waals surface area contributed by atoms with Gasteiger partial charge in [0.2, 0.25) is 0 Å².